The van der Waals surface area contributed by atoms with E-state index >= 15 is 0 Å². The smallest absolute Gasteiger partial charge is 0.254 e. The lowest BCUT2D eigenvalue weighted by Crippen LogP contribution is -2.49. The average Bonchev–Trinajstić information content (AvgIpc) is 3.28. The number of amides is 2. The zero-order chi connectivity index (χ0) is 20.4. The maximum Gasteiger partial charge on any atom is 0.254 e. The minimum atomic E-state index is -0.501. The van der Waals surface area contributed by atoms with E-state index in [1.165, 1.54) is 12.8 Å². The number of carbonyl (C=O) groups is 2. The van der Waals surface area contributed by atoms with E-state index in [4.69, 9.17) is 17.3 Å². The number of nitrogens with zero attached hydrogens (tertiary/aromatic N) is 4. The number of nitrogens with two attached hydrogens (primary N) is 1. The van der Waals surface area contributed by atoms with Gasteiger partial charge in [0.05, 0.1) is 16.3 Å². The molecular formula is C21H24ClN5O2. The lowest BCUT2D eigenvalue weighted by Gasteiger charge is -2.36. The number of piperazine rings is 1. The molecule has 2 aliphatic rings. The van der Waals surface area contributed by atoms with Gasteiger partial charge in [-0.3, -0.25) is 9.59 Å². The Labute approximate surface area is 175 Å². The van der Waals surface area contributed by atoms with Crippen LogP contribution in [0.4, 0.5) is 11.5 Å². The van der Waals surface area contributed by atoms with Crippen LogP contribution in [0.15, 0.2) is 36.5 Å². The van der Waals surface area contributed by atoms with Crippen molar-refractivity contribution in [3.8, 4) is 0 Å². The number of hydrogen-bond acceptors (Lipinski definition) is 5. The molecule has 2 saturated heterocycles. The Kier molecular flexibility index (Phi) is 5.58. The van der Waals surface area contributed by atoms with Gasteiger partial charge in [-0.2, -0.15) is 0 Å². The van der Waals surface area contributed by atoms with Crippen molar-refractivity contribution in [1.82, 2.24) is 9.88 Å². The summed E-state index contributed by atoms with van der Waals surface area (Å²) in [7, 11) is 0. The summed E-state index contributed by atoms with van der Waals surface area (Å²) in [5.41, 5.74) is 7.46. The monoisotopic (exact) mass is 413 g/mol. The van der Waals surface area contributed by atoms with Crippen LogP contribution in [-0.4, -0.2) is 61.0 Å². The second-order valence-corrected chi connectivity index (χ2v) is 7.79. The molecule has 0 radical (unpaired) electrons. The number of benzene rings is 1. The van der Waals surface area contributed by atoms with Gasteiger partial charge in [-0.1, -0.05) is 11.6 Å². The molecule has 0 aliphatic carbocycles. The highest BCUT2D eigenvalue weighted by Crippen LogP contribution is 2.30. The van der Waals surface area contributed by atoms with Crippen LogP contribution in [0.2, 0.25) is 5.02 Å². The summed E-state index contributed by atoms with van der Waals surface area (Å²) < 4.78 is 0. The number of pyridine rings is 1. The van der Waals surface area contributed by atoms with E-state index in [1.807, 2.05) is 21.9 Å². The molecule has 4 rings (SSSR count). The molecule has 0 unspecified atom stereocenters. The molecule has 1 aromatic carbocycles. The third kappa shape index (κ3) is 4.00. The normalized spacial score (nSPS) is 16.9. The maximum absolute atomic E-state index is 12.9. The van der Waals surface area contributed by atoms with E-state index in [0.29, 0.717) is 48.1 Å². The Hall–Kier alpha value is -2.80. The minimum absolute atomic E-state index is 0.0318. The molecule has 0 bridgehead atoms. The standard InChI is InChI=1S/C21H24ClN5O2/c22-17-14-15(5-6-18(17)25-8-1-2-9-25)21(29)27-12-10-26(11-13-27)20-16(19(23)28)4-3-7-24-20/h3-7,14H,1-2,8-13H2,(H2,23,28). The van der Waals surface area contributed by atoms with Crippen LogP contribution in [0.5, 0.6) is 0 Å². The molecule has 3 heterocycles. The van der Waals surface area contributed by atoms with Gasteiger partial charge in [-0.15, -0.1) is 0 Å². The van der Waals surface area contributed by atoms with Gasteiger partial charge in [0.15, 0.2) is 0 Å². The SMILES string of the molecule is NC(=O)c1cccnc1N1CCN(C(=O)c2ccc(N3CCCC3)c(Cl)c2)CC1. The summed E-state index contributed by atoms with van der Waals surface area (Å²) >= 11 is 6.47. The van der Waals surface area contributed by atoms with Crippen molar-refractivity contribution in [1.29, 1.82) is 0 Å². The summed E-state index contributed by atoms with van der Waals surface area (Å²) in [5.74, 6) is 0.0418. The zero-order valence-corrected chi connectivity index (χ0v) is 16.9. The Morgan fingerprint density at radius 3 is 2.34 bits per heavy atom. The van der Waals surface area contributed by atoms with E-state index in [-0.39, 0.29) is 5.91 Å². The van der Waals surface area contributed by atoms with Crippen LogP contribution in [-0.2, 0) is 0 Å². The van der Waals surface area contributed by atoms with Crippen LogP contribution in [0.25, 0.3) is 0 Å². The summed E-state index contributed by atoms with van der Waals surface area (Å²) in [4.78, 5) is 35.0. The molecule has 0 atom stereocenters. The van der Waals surface area contributed by atoms with Crippen molar-refractivity contribution in [2.45, 2.75) is 12.8 Å². The number of hydrogen-bond donors (Lipinski definition) is 1. The number of rotatable bonds is 4. The number of carbonyl (C=O) groups excluding carboxylic acids is 2. The molecule has 2 fully saturated rings. The predicted octanol–water partition coefficient (Wildman–Crippen LogP) is 2.40. The van der Waals surface area contributed by atoms with Gasteiger partial charge >= 0.3 is 0 Å². The quantitative estimate of drug-likeness (QED) is 0.832. The molecule has 0 saturated carbocycles. The molecule has 2 amide bonds. The summed E-state index contributed by atoms with van der Waals surface area (Å²) in [6.45, 7) is 4.27. The van der Waals surface area contributed by atoms with E-state index in [0.717, 1.165) is 18.8 Å². The Morgan fingerprint density at radius 2 is 1.69 bits per heavy atom. The molecule has 2 N–H and O–H groups in total. The van der Waals surface area contributed by atoms with Gasteiger partial charge in [0.25, 0.3) is 11.8 Å². The van der Waals surface area contributed by atoms with Crippen molar-refractivity contribution >= 4 is 34.9 Å². The highest BCUT2D eigenvalue weighted by Gasteiger charge is 2.26. The molecule has 8 heteroatoms. The predicted molar refractivity (Wildman–Crippen MR) is 114 cm³/mol. The summed E-state index contributed by atoms with van der Waals surface area (Å²) in [6, 6.07) is 8.95. The van der Waals surface area contributed by atoms with E-state index in [1.54, 1.807) is 24.4 Å². The maximum atomic E-state index is 12.9. The van der Waals surface area contributed by atoms with E-state index in [2.05, 4.69) is 9.88 Å². The second kappa shape index (κ2) is 8.29. The Morgan fingerprint density at radius 1 is 0.966 bits per heavy atom. The molecule has 29 heavy (non-hydrogen) atoms. The van der Waals surface area contributed by atoms with Crippen molar-refractivity contribution in [3.63, 3.8) is 0 Å². The summed E-state index contributed by atoms with van der Waals surface area (Å²) in [5, 5.41) is 0.621. The first-order chi connectivity index (χ1) is 14.0. The highest BCUT2D eigenvalue weighted by atomic mass is 35.5. The first-order valence-electron chi connectivity index (χ1n) is 9.88. The minimum Gasteiger partial charge on any atom is -0.370 e. The van der Waals surface area contributed by atoms with Gasteiger partial charge in [-0.25, -0.2) is 4.98 Å². The fourth-order valence-electron chi connectivity index (χ4n) is 4.00. The van der Waals surface area contributed by atoms with E-state index < -0.39 is 5.91 Å². The molecule has 2 aliphatic heterocycles. The van der Waals surface area contributed by atoms with Crippen molar-refractivity contribution in [2.75, 3.05) is 49.1 Å². The van der Waals surface area contributed by atoms with Crippen LogP contribution in [0.3, 0.4) is 0 Å². The molecule has 152 valence electrons. The zero-order valence-electron chi connectivity index (χ0n) is 16.2. The average molecular weight is 414 g/mol. The number of halogens is 1. The molecule has 0 spiro atoms. The molecule has 7 nitrogen and oxygen atoms in total. The van der Waals surface area contributed by atoms with Gasteiger partial charge in [0, 0.05) is 51.0 Å². The number of anilines is 2. The third-order valence-corrected chi connectivity index (χ3v) is 5.86. The first kappa shape index (κ1) is 19.5. The molecule has 2 aromatic rings. The van der Waals surface area contributed by atoms with E-state index in [9.17, 15) is 9.59 Å². The van der Waals surface area contributed by atoms with Gasteiger partial charge in [0.1, 0.15) is 5.82 Å². The third-order valence-electron chi connectivity index (χ3n) is 5.56. The van der Waals surface area contributed by atoms with Crippen LogP contribution in [0, 0.1) is 0 Å². The lowest BCUT2D eigenvalue weighted by molar-refractivity contribution is 0.0746. The number of aromatic nitrogens is 1. The van der Waals surface area contributed by atoms with Gasteiger partial charge in [-0.05, 0) is 43.2 Å². The Balaban J connectivity index is 1.43. The van der Waals surface area contributed by atoms with Crippen molar-refractivity contribution in [3.05, 3.63) is 52.7 Å². The van der Waals surface area contributed by atoms with Gasteiger partial charge in [0.2, 0.25) is 0 Å². The van der Waals surface area contributed by atoms with Gasteiger partial charge < -0.3 is 20.4 Å². The Bertz CT molecular complexity index is 921. The molecule has 1 aromatic heterocycles. The molecular weight excluding hydrogens is 390 g/mol. The van der Waals surface area contributed by atoms with Crippen molar-refractivity contribution < 1.29 is 9.59 Å². The topological polar surface area (TPSA) is 82.8 Å². The largest absolute Gasteiger partial charge is 0.370 e. The van der Waals surface area contributed by atoms with Crippen LogP contribution in [0.1, 0.15) is 33.6 Å². The number of primary amides is 1. The van der Waals surface area contributed by atoms with Crippen molar-refractivity contribution in [2.24, 2.45) is 5.73 Å². The fourth-order valence-corrected chi connectivity index (χ4v) is 4.30. The fraction of sp³-hybridized carbons (Fsp3) is 0.381. The van der Waals surface area contributed by atoms with Crippen LogP contribution >= 0.6 is 11.6 Å². The van der Waals surface area contributed by atoms with Crippen LogP contribution < -0.4 is 15.5 Å². The lowest BCUT2D eigenvalue weighted by atomic mass is 10.1. The summed E-state index contributed by atoms with van der Waals surface area (Å²) in [6.07, 6.45) is 3.99. The second-order valence-electron chi connectivity index (χ2n) is 7.38. The first-order valence-corrected chi connectivity index (χ1v) is 10.3. The highest BCUT2D eigenvalue weighted by molar-refractivity contribution is 6.33.